The second-order valence-corrected chi connectivity index (χ2v) is 6.11. The third-order valence-corrected chi connectivity index (χ3v) is 4.38. The van der Waals surface area contributed by atoms with Gasteiger partial charge in [0.15, 0.2) is 5.96 Å². The second kappa shape index (κ2) is 9.61. The summed E-state index contributed by atoms with van der Waals surface area (Å²) in [6.45, 7) is 3.83. The number of nitrogens with zero attached hydrogens (tertiary/aromatic N) is 3. The highest BCUT2D eigenvalue weighted by Crippen LogP contribution is 2.17. The number of piperazine rings is 1. The number of guanidine groups is 1. The minimum atomic E-state index is -0.217. The lowest BCUT2D eigenvalue weighted by atomic mass is 10.1. The van der Waals surface area contributed by atoms with E-state index in [2.05, 4.69) is 14.8 Å². The average molecular weight is 470 g/mol. The SMILES string of the molecule is I.NC(=NCCc1cccc(O)c1)N1CCN(c2ccc(F)cc2)CC1. The van der Waals surface area contributed by atoms with Gasteiger partial charge in [0, 0.05) is 38.4 Å². The monoisotopic (exact) mass is 470 g/mol. The molecule has 1 fully saturated rings. The van der Waals surface area contributed by atoms with E-state index in [0.29, 0.717) is 12.5 Å². The van der Waals surface area contributed by atoms with Gasteiger partial charge in [0.05, 0.1) is 0 Å². The van der Waals surface area contributed by atoms with E-state index in [0.717, 1.165) is 43.9 Å². The predicted molar refractivity (Wildman–Crippen MR) is 114 cm³/mol. The van der Waals surface area contributed by atoms with Gasteiger partial charge in [-0.25, -0.2) is 4.39 Å². The van der Waals surface area contributed by atoms with E-state index in [9.17, 15) is 9.50 Å². The van der Waals surface area contributed by atoms with Crippen molar-refractivity contribution >= 4 is 35.6 Å². The number of hydrogen-bond donors (Lipinski definition) is 2. The highest BCUT2D eigenvalue weighted by molar-refractivity contribution is 14.0. The fraction of sp³-hybridized carbons (Fsp3) is 0.316. The van der Waals surface area contributed by atoms with Gasteiger partial charge < -0.3 is 20.6 Å². The summed E-state index contributed by atoms with van der Waals surface area (Å²) < 4.78 is 13.0. The zero-order valence-corrected chi connectivity index (χ0v) is 16.8. The van der Waals surface area contributed by atoms with E-state index in [-0.39, 0.29) is 35.5 Å². The third-order valence-electron chi connectivity index (χ3n) is 4.38. The van der Waals surface area contributed by atoms with Crippen LogP contribution in [0.3, 0.4) is 0 Å². The molecule has 0 saturated carbocycles. The molecule has 0 unspecified atom stereocenters. The lowest BCUT2D eigenvalue weighted by Gasteiger charge is -2.36. The van der Waals surface area contributed by atoms with E-state index >= 15 is 0 Å². The molecule has 0 radical (unpaired) electrons. The van der Waals surface area contributed by atoms with Crippen LogP contribution in [0, 0.1) is 5.82 Å². The van der Waals surface area contributed by atoms with Crippen molar-refractivity contribution in [1.82, 2.24) is 4.90 Å². The van der Waals surface area contributed by atoms with E-state index in [1.54, 1.807) is 24.3 Å². The van der Waals surface area contributed by atoms with Crippen molar-refractivity contribution in [1.29, 1.82) is 0 Å². The number of aromatic hydroxyl groups is 1. The molecular formula is C19H24FIN4O. The first-order valence-electron chi connectivity index (χ1n) is 8.45. The Morgan fingerprint density at radius 3 is 2.42 bits per heavy atom. The smallest absolute Gasteiger partial charge is 0.191 e. The van der Waals surface area contributed by atoms with Gasteiger partial charge in [0.1, 0.15) is 11.6 Å². The molecule has 2 aromatic carbocycles. The Bertz CT molecular complexity index is 731. The topological polar surface area (TPSA) is 65.1 Å². The lowest BCUT2D eigenvalue weighted by molar-refractivity contribution is 0.381. The van der Waals surface area contributed by atoms with Crippen molar-refractivity contribution in [3.8, 4) is 5.75 Å². The molecule has 0 aliphatic carbocycles. The lowest BCUT2D eigenvalue weighted by Crippen LogP contribution is -2.51. The van der Waals surface area contributed by atoms with E-state index in [4.69, 9.17) is 5.73 Å². The van der Waals surface area contributed by atoms with Gasteiger partial charge in [-0.15, -0.1) is 24.0 Å². The summed E-state index contributed by atoms with van der Waals surface area (Å²) in [4.78, 5) is 8.74. The molecule has 0 bridgehead atoms. The van der Waals surface area contributed by atoms with Gasteiger partial charge in [-0.1, -0.05) is 12.1 Å². The minimum absolute atomic E-state index is 0. The molecular weight excluding hydrogens is 446 g/mol. The van der Waals surface area contributed by atoms with Crippen LogP contribution >= 0.6 is 24.0 Å². The van der Waals surface area contributed by atoms with Gasteiger partial charge in [-0.3, -0.25) is 4.99 Å². The van der Waals surface area contributed by atoms with Crippen LogP contribution in [0.5, 0.6) is 5.75 Å². The maximum absolute atomic E-state index is 13.0. The van der Waals surface area contributed by atoms with Crippen molar-refractivity contribution in [3.05, 3.63) is 59.9 Å². The number of nitrogens with two attached hydrogens (primary N) is 1. The normalized spacial score (nSPS) is 14.9. The Kier molecular flexibility index (Phi) is 7.50. The van der Waals surface area contributed by atoms with Crippen LogP contribution in [-0.2, 0) is 6.42 Å². The van der Waals surface area contributed by atoms with Gasteiger partial charge in [-0.05, 0) is 48.4 Å². The second-order valence-electron chi connectivity index (χ2n) is 6.11. The van der Waals surface area contributed by atoms with Crippen molar-refractivity contribution in [2.24, 2.45) is 10.7 Å². The molecule has 1 aliphatic heterocycles. The summed E-state index contributed by atoms with van der Waals surface area (Å²) in [7, 11) is 0. The van der Waals surface area contributed by atoms with Crippen LogP contribution < -0.4 is 10.6 Å². The summed E-state index contributed by atoms with van der Waals surface area (Å²) >= 11 is 0. The van der Waals surface area contributed by atoms with Crippen LogP contribution in [0.15, 0.2) is 53.5 Å². The summed E-state index contributed by atoms with van der Waals surface area (Å²) in [5.41, 5.74) is 8.17. The van der Waals surface area contributed by atoms with Crippen LogP contribution in [0.2, 0.25) is 0 Å². The zero-order valence-electron chi connectivity index (χ0n) is 14.5. The largest absolute Gasteiger partial charge is 0.508 e. The summed E-state index contributed by atoms with van der Waals surface area (Å²) in [6.07, 6.45) is 0.741. The quantitative estimate of drug-likeness (QED) is 0.410. The number of hydrogen-bond acceptors (Lipinski definition) is 3. The number of rotatable bonds is 4. The molecule has 140 valence electrons. The first-order chi connectivity index (χ1) is 12.1. The third kappa shape index (κ3) is 5.48. The Balaban J connectivity index is 0.00000243. The van der Waals surface area contributed by atoms with E-state index < -0.39 is 0 Å². The highest BCUT2D eigenvalue weighted by atomic mass is 127. The Morgan fingerprint density at radius 1 is 1.08 bits per heavy atom. The maximum Gasteiger partial charge on any atom is 0.191 e. The van der Waals surface area contributed by atoms with Gasteiger partial charge in [0.2, 0.25) is 0 Å². The molecule has 1 heterocycles. The molecule has 1 aliphatic rings. The van der Waals surface area contributed by atoms with Gasteiger partial charge in [0.25, 0.3) is 0 Å². The molecule has 0 atom stereocenters. The van der Waals surface area contributed by atoms with Crippen molar-refractivity contribution in [2.45, 2.75) is 6.42 Å². The molecule has 0 amide bonds. The molecule has 3 rings (SSSR count). The number of anilines is 1. The first-order valence-corrected chi connectivity index (χ1v) is 8.45. The molecule has 0 aromatic heterocycles. The maximum atomic E-state index is 13.0. The van der Waals surface area contributed by atoms with Crippen LogP contribution in [-0.4, -0.2) is 48.7 Å². The van der Waals surface area contributed by atoms with Crippen molar-refractivity contribution in [3.63, 3.8) is 0 Å². The van der Waals surface area contributed by atoms with E-state index in [1.807, 2.05) is 12.1 Å². The summed E-state index contributed by atoms with van der Waals surface area (Å²) in [5.74, 6) is 0.607. The van der Waals surface area contributed by atoms with Crippen LogP contribution in [0.4, 0.5) is 10.1 Å². The summed E-state index contributed by atoms with van der Waals surface area (Å²) in [6, 6.07) is 13.8. The van der Waals surface area contributed by atoms with Gasteiger partial charge in [-0.2, -0.15) is 0 Å². The molecule has 26 heavy (non-hydrogen) atoms. The highest BCUT2D eigenvalue weighted by Gasteiger charge is 2.18. The molecule has 7 heteroatoms. The van der Waals surface area contributed by atoms with Gasteiger partial charge >= 0.3 is 0 Å². The molecule has 3 N–H and O–H groups in total. The molecule has 2 aromatic rings. The Labute approximate surface area is 170 Å². The molecule has 0 spiro atoms. The fourth-order valence-electron chi connectivity index (χ4n) is 2.96. The number of phenolic OH excluding ortho intramolecular Hbond substituents is 1. The number of aliphatic imine (C=N–C) groups is 1. The van der Waals surface area contributed by atoms with Crippen molar-refractivity contribution in [2.75, 3.05) is 37.6 Å². The Morgan fingerprint density at radius 2 is 1.77 bits per heavy atom. The zero-order chi connectivity index (χ0) is 17.6. The number of halogens is 2. The van der Waals surface area contributed by atoms with Crippen molar-refractivity contribution < 1.29 is 9.50 Å². The Hall–Kier alpha value is -2.03. The average Bonchev–Trinajstić information content (AvgIpc) is 2.62. The number of benzene rings is 2. The minimum Gasteiger partial charge on any atom is -0.508 e. The van der Waals surface area contributed by atoms with E-state index in [1.165, 1.54) is 12.1 Å². The first kappa shape index (κ1) is 20.3. The summed E-state index contributed by atoms with van der Waals surface area (Å²) in [5, 5.41) is 9.47. The molecule has 1 saturated heterocycles. The van der Waals surface area contributed by atoms with Crippen LogP contribution in [0.25, 0.3) is 0 Å². The van der Waals surface area contributed by atoms with Crippen LogP contribution in [0.1, 0.15) is 5.56 Å². The fourth-order valence-corrected chi connectivity index (χ4v) is 2.96. The number of phenols is 1. The molecule has 5 nitrogen and oxygen atoms in total. The standard InChI is InChI=1S/C19H23FN4O.HI/c20-16-4-6-17(7-5-16)23-10-12-24(13-11-23)19(21)22-9-8-15-2-1-3-18(25)14-15;/h1-7,14,25H,8-13H2,(H2,21,22);1H. The predicted octanol–water partition coefficient (Wildman–Crippen LogP) is 2.83.